The third-order valence-electron chi connectivity index (χ3n) is 4.79. The van der Waals surface area contributed by atoms with Crippen LogP contribution in [0.4, 0.5) is 0 Å². The quantitative estimate of drug-likeness (QED) is 0.861. The van der Waals surface area contributed by atoms with Crippen molar-refractivity contribution in [2.24, 2.45) is 5.92 Å². The Labute approximate surface area is 132 Å². The van der Waals surface area contributed by atoms with Crippen molar-refractivity contribution in [2.45, 2.75) is 39.2 Å². The van der Waals surface area contributed by atoms with Gasteiger partial charge in [-0.1, -0.05) is 19.1 Å². The summed E-state index contributed by atoms with van der Waals surface area (Å²) in [6, 6.07) is 7.76. The summed E-state index contributed by atoms with van der Waals surface area (Å²) in [6.45, 7) is 5.41. The zero-order valence-electron chi connectivity index (χ0n) is 13.3. The molecule has 0 bridgehead atoms. The number of benzene rings is 1. The average Bonchev–Trinajstić information content (AvgIpc) is 2.93. The lowest BCUT2D eigenvalue weighted by Gasteiger charge is -2.30. The van der Waals surface area contributed by atoms with Gasteiger partial charge in [-0.3, -0.25) is 9.59 Å². The van der Waals surface area contributed by atoms with E-state index in [1.165, 1.54) is 0 Å². The van der Waals surface area contributed by atoms with Gasteiger partial charge in [0.25, 0.3) is 5.91 Å². The van der Waals surface area contributed by atoms with Crippen LogP contribution in [0.2, 0.25) is 0 Å². The highest BCUT2D eigenvalue weighted by atomic mass is 16.2. The van der Waals surface area contributed by atoms with Crippen LogP contribution in [0, 0.1) is 5.92 Å². The molecule has 3 rings (SSSR count). The summed E-state index contributed by atoms with van der Waals surface area (Å²) in [5.74, 6) is 1.07. The van der Waals surface area contributed by atoms with E-state index in [1.807, 2.05) is 34.1 Å². The molecule has 0 aliphatic carbocycles. The van der Waals surface area contributed by atoms with Crippen molar-refractivity contribution in [3.05, 3.63) is 35.4 Å². The van der Waals surface area contributed by atoms with E-state index in [4.69, 9.17) is 0 Å². The molecule has 0 radical (unpaired) electrons. The van der Waals surface area contributed by atoms with E-state index < -0.39 is 0 Å². The maximum absolute atomic E-state index is 12.6. The van der Waals surface area contributed by atoms with Crippen molar-refractivity contribution in [2.75, 3.05) is 19.6 Å². The molecular formula is C18H24N2O2. The van der Waals surface area contributed by atoms with Gasteiger partial charge in [-0.05, 0) is 42.9 Å². The van der Waals surface area contributed by atoms with E-state index in [0.29, 0.717) is 13.0 Å². The molecule has 22 heavy (non-hydrogen) atoms. The predicted molar refractivity (Wildman–Crippen MR) is 85.4 cm³/mol. The van der Waals surface area contributed by atoms with Crippen molar-refractivity contribution in [3.63, 3.8) is 0 Å². The second-order valence-electron chi connectivity index (χ2n) is 6.59. The van der Waals surface area contributed by atoms with E-state index in [-0.39, 0.29) is 11.8 Å². The van der Waals surface area contributed by atoms with Crippen molar-refractivity contribution < 1.29 is 9.59 Å². The molecule has 2 fully saturated rings. The Morgan fingerprint density at radius 1 is 1.23 bits per heavy atom. The first-order valence-corrected chi connectivity index (χ1v) is 8.29. The molecule has 4 nitrogen and oxygen atoms in total. The fourth-order valence-corrected chi connectivity index (χ4v) is 3.29. The lowest BCUT2D eigenvalue weighted by molar-refractivity contribution is -0.128. The fraction of sp³-hybridized carbons (Fsp3) is 0.556. The Bertz CT molecular complexity index is 562. The highest BCUT2D eigenvalue weighted by Crippen LogP contribution is 2.20. The highest BCUT2D eigenvalue weighted by Gasteiger charge is 2.23. The summed E-state index contributed by atoms with van der Waals surface area (Å²) in [5, 5.41) is 0. The Hall–Kier alpha value is -1.84. The first-order chi connectivity index (χ1) is 10.6. The molecule has 0 atom stereocenters. The summed E-state index contributed by atoms with van der Waals surface area (Å²) in [4.78, 5) is 28.2. The standard InChI is InChI=1S/C18H24N2O2/c1-14-7-10-19(11-8-14)18(22)16-5-2-4-15(12-16)13-20-9-3-6-17(20)21/h2,4-5,12,14H,3,6-11,13H2,1H3. The van der Waals surface area contributed by atoms with Crippen molar-refractivity contribution in [1.82, 2.24) is 9.80 Å². The van der Waals surface area contributed by atoms with Gasteiger partial charge >= 0.3 is 0 Å². The molecule has 1 aromatic rings. The van der Waals surface area contributed by atoms with Crippen molar-refractivity contribution in [1.29, 1.82) is 0 Å². The zero-order chi connectivity index (χ0) is 15.5. The molecular weight excluding hydrogens is 276 g/mol. The number of rotatable bonds is 3. The lowest BCUT2D eigenvalue weighted by atomic mass is 9.98. The normalized spacial score (nSPS) is 19.8. The molecule has 2 aliphatic rings. The average molecular weight is 300 g/mol. The van der Waals surface area contributed by atoms with Crippen LogP contribution < -0.4 is 0 Å². The number of likely N-dealkylation sites (tertiary alicyclic amines) is 2. The monoisotopic (exact) mass is 300 g/mol. The van der Waals surface area contributed by atoms with Crippen molar-refractivity contribution in [3.8, 4) is 0 Å². The number of nitrogens with zero attached hydrogens (tertiary/aromatic N) is 2. The van der Waals surface area contributed by atoms with Gasteiger partial charge in [0.15, 0.2) is 0 Å². The number of amides is 2. The van der Waals surface area contributed by atoms with Gasteiger partial charge in [-0.2, -0.15) is 0 Å². The van der Waals surface area contributed by atoms with Crippen LogP contribution in [0.15, 0.2) is 24.3 Å². The van der Waals surface area contributed by atoms with Crippen LogP contribution in [0.5, 0.6) is 0 Å². The maximum Gasteiger partial charge on any atom is 0.253 e. The second kappa shape index (κ2) is 6.51. The van der Waals surface area contributed by atoms with Crippen LogP contribution in [-0.4, -0.2) is 41.2 Å². The first-order valence-electron chi connectivity index (χ1n) is 8.29. The first kappa shape index (κ1) is 15.1. The summed E-state index contributed by atoms with van der Waals surface area (Å²) in [7, 11) is 0. The number of hydrogen-bond acceptors (Lipinski definition) is 2. The van der Waals surface area contributed by atoms with E-state index in [1.54, 1.807) is 0 Å². The van der Waals surface area contributed by atoms with E-state index in [0.717, 1.165) is 55.9 Å². The van der Waals surface area contributed by atoms with Crippen LogP contribution in [-0.2, 0) is 11.3 Å². The molecule has 0 N–H and O–H groups in total. The van der Waals surface area contributed by atoms with Gasteiger partial charge in [0.2, 0.25) is 5.91 Å². The Kier molecular flexibility index (Phi) is 4.46. The van der Waals surface area contributed by atoms with Gasteiger partial charge in [0, 0.05) is 38.2 Å². The predicted octanol–water partition coefficient (Wildman–Crippen LogP) is 2.68. The minimum absolute atomic E-state index is 0.126. The van der Waals surface area contributed by atoms with Crippen LogP contribution in [0.25, 0.3) is 0 Å². The molecule has 0 saturated carbocycles. The minimum atomic E-state index is 0.126. The fourth-order valence-electron chi connectivity index (χ4n) is 3.29. The molecule has 2 heterocycles. The molecule has 2 saturated heterocycles. The second-order valence-corrected chi connectivity index (χ2v) is 6.59. The highest BCUT2D eigenvalue weighted by molar-refractivity contribution is 5.94. The van der Waals surface area contributed by atoms with E-state index >= 15 is 0 Å². The molecule has 2 amide bonds. The van der Waals surface area contributed by atoms with E-state index in [2.05, 4.69) is 6.92 Å². The Morgan fingerprint density at radius 3 is 2.68 bits per heavy atom. The van der Waals surface area contributed by atoms with E-state index in [9.17, 15) is 9.59 Å². The van der Waals surface area contributed by atoms with Gasteiger partial charge in [0.05, 0.1) is 0 Å². The third kappa shape index (κ3) is 3.32. The maximum atomic E-state index is 12.6. The molecule has 4 heteroatoms. The summed E-state index contributed by atoms with van der Waals surface area (Å²) in [6.07, 6.45) is 3.79. The molecule has 0 aromatic heterocycles. The van der Waals surface area contributed by atoms with Crippen LogP contribution in [0.1, 0.15) is 48.5 Å². The third-order valence-corrected chi connectivity index (χ3v) is 4.79. The Morgan fingerprint density at radius 2 is 2.00 bits per heavy atom. The SMILES string of the molecule is CC1CCN(C(=O)c2cccc(CN3CCCC3=O)c2)CC1. The van der Waals surface area contributed by atoms with Gasteiger partial charge in [-0.25, -0.2) is 0 Å². The number of carbonyl (C=O) groups excluding carboxylic acids is 2. The van der Waals surface area contributed by atoms with Crippen molar-refractivity contribution >= 4 is 11.8 Å². The van der Waals surface area contributed by atoms with Gasteiger partial charge in [-0.15, -0.1) is 0 Å². The summed E-state index contributed by atoms with van der Waals surface area (Å²) in [5.41, 5.74) is 1.80. The number of carbonyl (C=O) groups is 2. The Balaban J connectivity index is 1.68. The largest absolute Gasteiger partial charge is 0.339 e. The van der Waals surface area contributed by atoms with Crippen LogP contribution in [0.3, 0.4) is 0 Å². The topological polar surface area (TPSA) is 40.6 Å². The molecule has 0 unspecified atom stereocenters. The van der Waals surface area contributed by atoms with Crippen LogP contribution >= 0.6 is 0 Å². The molecule has 1 aromatic carbocycles. The summed E-state index contributed by atoms with van der Waals surface area (Å²) < 4.78 is 0. The lowest BCUT2D eigenvalue weighted by Crippen LogP contribution is -2.38. The minimum Gasteiger partial charge on any atom is -0.339 e. The zero-order valence-corrected chi connectivity index (χ0v) is 13.3. The molecule has 2 aliphatic heterocycles. The number of piperidine rings is 1. The summed E-state index contributed by atoms with van der Waals surface area (Å²) >= 11 is 0. The smallest absolute Gasteiger partial charge is 0.253 e. The molecule has 0 spiro atoms. The molecule has 118 valence electrons. The number of hydrogen-bond donors (Lipinski definition) is 0. The van der Waals surface area contributed by atoms with Gasteiger partial charge in [0.1, 0.15) is 0 Å². The van der Waals surface area contributed by atoms with Gasteiger partial charge < -0.3 is 9.80 Å².